The molecule has 608 valence electrons. The van der Waals surface area contributed by atoms with Crippen LogP contribution in [0.15, 0.2) is 75.9 Å². The van der Waals surface area contributed by atoms with E-state index in [1.165, 1.54) is 0 Å². The van der Waals surface area contributed by atoms with Crippen LogP contribution in [0.5, 0.6) is 0 Å². The third-order valence-electron chi connectivity index (χ3n) is 12.9. The Hall–Kier alpha value is -1.95. The molecule has 0 fully saturated rings. The lowest BCUT2D eigenvalue weighted by Gasteiger charge is -2.45. The minimum atomic E-state index is -3.14. The Balaban J connectivity index is 6.11. The number of ether oxygens (including phenoxy) is 6. The quantitative estimate of drug-likeness (QED) is 0.0236. The Morgan fingerprint density at radius 2 is 0.286 bits per heavy atom. The Morgan fingerprint density at radius 1 is 0.190 bits per heavy atom. The maximum atomic E-state index is 12.2. The lowest BCUT2D eigenvalue weighted by Crippen LogP contribution is -2.63. The molecule has 0 aliphatic carbocycles. The zero-order valence-electron chi connectivity index (χ0n) is 69.2. The van der Waals surface area contributed by atoms with E-state index in [1.54, 1.807) is 0 Å². The van der Waals surface area contributed by atoms with Crippen LogP contribution in [0, 0.1) is 10.8 Å². The smallest absolute Gasteiger partial charge is 0.330 e. The van der Waals surface area contributed by atoms with Gasteiger partial charge < -0.3 is 99.0 Å². The number of carbonyl (C=O) groups excluding carboxylic acids is 6. The largest absolute Gasteiger partial charge is 0.462 e. The van der Waals surface area contributed by atoms with E-state index in [2.05, 4.69) is 39.5 Å². The van der Waals surface area contributed by atoms with Crippen LogP contribution in [-0.2, 0) is 128 Å². The highest BCUT2D eigenvalue weighted by Gasteiger charge is 2.54. The predicted octanol–water partition coefficient (Wildman–Crippen LogP) is 12.8. The summed E-state index contributed by atoms with van der Waals surface area (Å²) in [5, 5.41) is 0. The number of hydrogen-bond acceptors (Lipinski definition) is 29. The molecule has 0 aromatic heterocycles. The van der Waals surface area contributed by atoms with Crippen molar-refractivity contribution in [2.75, 3.05) is 52.9 Å². The Bertz CT molecular complexity index is 2660. The van der Waals surface area contributed by atoms with Gasteiger partial charge in [0.25, 0.3) is 0 Å². The first-order chi connectivity index (χ1) is 46.7. The molecule has 0 radical (unpaired) electrons. The van der Waals surface area contributed by atoms with Crippen molar-refractivity contribution in [1.82, 2.24) is 0 Å². The van der Waals surface area contributed by atoms with E-state index in [-0.39, 0.29) is 52.9 Å². The molecule has 0 unspecified atom stereocenters. The average molecular weight is 1770 g/mol. The van der Waals surface area contributed by atoms with Gasteiger partial charge in [0.1, 0.15) is 39.6 Å². The van der Waals surface area contributed by atoms with Crippen LogP contribution in [0.2, 0.25) is 210 Å². The number of hydrogen-bond donors (Lipinski definition) is 0. The van der Waals surface area contributed by atoms with Crippen LogP contribution in [-0.4, -0.2) is 226 Å². The normalized spacial score (nSPS) is 14.2. The number of carbonyl (C=O) groups is 6. The van der Waals surface area contributed by atoms with E-state index in [9.17, 15) is 28.8 Å². The van der Waals surface area contributed by atoms with Gasteiger partial charge in [0.15, 0.2) is 0 Å². The Labute approximate surface area is 645 Å². The van der Waals surface area contributed by atoms with Crippen LogP contribution >= 0.6 is 0 Å². The second-order valence-electron chi connectivity index (χ2n) is 32.4. The molecule has 45 heteroatoms. The van der Waals surface area contributed by atoms with Gasteiger partial charge >= 0.3 is 173 Å². The molecule has 0 saturated heterocycles. The van der Waals surface area contributed by atoms with Crippen molar-refractivity contribution in [2.24, 2.45) is 10.8 Å². The Kier molecular flexibility index (Phi) is 39.4. The van der Waals surface area contributed by atoms with E-state index in [4.69, 9.17) is 99.0 Å². The molecule has 0 atom stereocenters. The molecule has 0 aliphatic heterocycles. The first-order valence-electron chi connectivity index (χ1n) is 34.3. The van der Waals surface area contributed by atoms with Gasteiger partial charge in [0.2, 0.25) is 0 Å². The third kappa shape index (κ3) is 45.4. The van der Waals surface area contributed by atoms with Gasteiger partial charge in [-0.1, -0.05) is 39.5 Å². The SMILES string of the molecule is C=CC(=O)OCC(COC(=O)C=C)(COC(=O)C=C)CO[Si](C)(C)O[Si](C)(C)O[Si](C)(C)O[Si](C)(C)O[Si](C)(C)O[Si](C)(C)O[Si](C)(C)O[Si](C)(C)O[Si](C)(C)O[Si](C)(C)O[Si](C)(C)O[Si](C)(C)O[Si](C)(C)O[Si](C)(C)O[Si](C)(C)O[Si](C)(C)OCC(COC(=O)C=C)(COC(=O)C=C)COC(=O)C=C. The van der Waals surface area contributed by atoms with Crippen LogP contribution in [0.25, 0.3) is 0 Å². The van der Waals surface area contributed by atoms with E-state index in [0.717, 1.165) is 36.5 Å². The monoisotopic (exact) mass is 1760 g/mol. The number of rotatable bonds is 54. The first-order valence-corrected chi connectivity index (χ1v) is 79.4. The van der Waals surface area contributed by atoms with Gasteiger partial charge in [-0.15, -0.1) is 0 Å². The minimum absolute atomic E-state index is 0.207. The van der Waals surface area contributed by atoms with Crippen LogP contribution in [0.4, 0.5) is 0 Å². The summed E-state index contributed by atoms with van der Waals surface area (Å²) in [6.45, 7) is 80.2. The molecule has 105 heavy (non-hydrogen) atoms. The van der Waals surface area contributed by atoms with Crippen molar-refractivity contribution in [1.29, 1.82) is 0 Å². The lowest BCUT2D eigenvalue weighted by atomic mass is 9.92. The fraction of sp³-hybridized carbons (Fsp3) is 0.700. The van der Waals surface area contributed by atoms with E-state index < -0.39 is 184 Å². The first kappa shape index (κ1) is 103. The maximum Gasteiger partial charge on any atom is 0.330 e. The zero-order valence-corrected chi connectivity index (χ0v) is 85.2. The van der Waals surface area contributed by atoms with Gasteiger partial charge in [-0.3, -0.25) is 0 Å². The van der Waals surface area contributed by atoms with Crippen LogP contribution in [0.3, 0.4) is 0 Å². The number of esters is 6. The van der Waals surface area contributed by atoms with Crippen LogP contribution < -0.4 is 0 Å². The van der Waals surface area contributed by atoms with Crippen molar-refractivity contribution in [3.05, 3.63) is 75.9 Å². The van der Waals surface area contributed by atoms with Crippen molar-refractivity contribution >= 4 is 173 Å². The summed E-state index contributed by atoms with van der Waals surface area (Å²) >= 11 is 0. The summed E-state index contributed by atoms with van der Waals surface area (Å²) in [5.41, 5.74) is -2.70. The van der Waals surface area contributed by atoms with Gasteiger partial charge in [0.05, 0.1) is 24.0 Å². The lowest BCUT2D eigenvalue weighted by molar-refractivity contribution is -0.161. The predicted molar refractivity (Wildman–Crippen MR) is 440 cm³/mol. The molecule has 0 spiro atoms. The molecule has 0 heterocycles. The fourth-order valence-electron chi connectivity index (χ4n) is 12.1. The van der Waals surface area contributed by atoms with Crippen molar-refractivity contribution in [2.45, 2.75) is 210 Å². The van der Waals surface area contributed by atoms with Gasteiger partial charge in [0, 0.05) is 36.5 Å². The fourth-order valence-corrected chi connectivity index (χ4v) is 92.5. The molecular weight excluding hydrogens is 1630 g/mol. The molecule has 0 aliphatic rings. The highest BCUT2D eigenvalue weighted by Crippen LogP contribution is 2.35. The summed E-state index contributed by atoms with van der Waals surface area (Å²) in [4.78, 5) is 73.3. The molecule has 0 saturated carbocycles. The molecule has 0 bridgehead atoms. The summed E-state index contributed by atoms with van der Waals surface area (Å²) in [6, 6.07) is 0. The van der Waals surface area contributed by atoms with Crippen molar-refractivity contribution in [3.8, 4) is 0 Å². The van der Waals surface area contributed by atoms with Gasteiger partial charge in [-0.25, -0.2) is 28.8 Å². The standard InChI is InChI=1S/C60H130O29Si16/c1-39-53(61)67-45-59(46-68-54(62)40-2,47-69-55(63)41-3)51-73-90(7,8)75-92(11,12)77-94(15,16)79-96(19,20)81-98(23,24)83-100(27,28)85-102(31,32)87-104(35,36)89-105(37,38)88-103(33,34)86-101(29,30)84-99(25,26)82-97(21,22)80-95(17,18)78-93(13,14)76-91(9,10)74-52-60(48-70-56(64)42-4,49-71-57(65)43-5)50-72-58(66)44-6/h39-44H,1-6,45-52H2,7-38H3. The highest BCUT2D eigenvalue weighted by molar-refractivity contribution is 6.95. The molecular formula is C60H130O29Si16. The Morgan fingerprint density at radius 3 is 0.381 bits per heavy atom. The van der Waals surface area contributed by atoms with Crippen molar-refractivity contribution in [3.63, 3.8) is 0 Å². The summed E-state index contributed by atoms with van der Waals surface area (Å²) in [5.74, 6) is -4.47. The second kappa shape index (κ2) is 40.2. The summed E-state index contributed by atoms with van der Waals surface area (Å²) < 4.78 is 148. The van der Waals surface area contributed by atoms with Crippen molar-refractivity contribution < 1.29 is 128 Å². The van der Waals surface area contributed by atoms with E-state index >= 15 is 0 Å². The van der Waals surface area contributed by atoms with E-state index in [0.29, 0.717) is 0 Å². The summed E-state index contributed by atoms with van der Waals surface area (Å²) in [6.07, 6.45) is 5.89. The third-order valence-corrected chi connectivity index (χ3v) is 73.6. The molecule has 0 amide bonds. The summed E-state index contributed by atoms with van der Waals surface area (Å²) in [7, 11) is -48.5. The molecule has 0 aromatic rings. The minimum Gasteiger partial charge on any atom is -0.462 e. The van der Waals surface area contributed by atoms with Gasteiger partial charge in [-0.05, 0) is 210 Å². The average Bonchev–Trinajstić information content (AvgIpc) is 0.802. The van der Waals surface area contributed by atoms with E-state index in [1.807, 2.05) is 210 Å². The molecule has 29 nitrogen and oxygen atoms in total. The zero-order chi connectivity index (χ0) is 82.6. The maximum absolute atomic E-state index is 12.2. The highest BCUT2D eigenvalue weighted by atomic mass is 28.5. The molecule has 0 aromatic carbocycles. The second-order valence-corrected chi connectivity index (χ2v) is 90.0. The molecule has 0 N–H and O–H groups in total. The topological polar surface area (TPSA) is 315 Å². The van der Waals surface area contributed by atoms with Crippen LogP contribution in [0.1, 0.15) is 0 Å². The van der Waals surface area contributed by atoms with Gasteiger partial charge in [-0.2, -0.15) is 0 Å². The molecule has 0 rings (SSSR count).